The highest BCUT2D eigenvalue weighted by Gasteiger charge is 3.00. The molecule has 1 aliphatic heterocycles. The van der Waals surface area contributed by atoms with Crippen LogP contribution in [0.15, 0.2) is 4.99 Å². The minimum absolute atomic E-state index is 0.185. The van der Waals surface area contributed by atoms with Crippen LogP contribution in [0.25, 0.3) is 0 Å². The van der Waals surface area contributed by atoms with Crippen molar-refractivity contribution in [1.82, 2.24) is 0 Å². The Bertz CT molecular complexity index is 590. The molecule has 0 bridgehead atoms. The maximum Gasteiger partial charge on any atom is 0.292 e. The third kappa shape index (κ3) is 1.08. The molecule has 1 spiro atoms. The third-order valence-corrected chi connectivity index (χ3v) is 6.08. The largest absolute Gasteiger partial charge is 0.386 e. The van der Waals surface area contributed by atoms with Crippen molar-refractivity contribution in [3.05, 3.63) is 0 Å². The van der Waals surface area contributed by atoms with Gasteiger partial charge in [0.1, 0.15) is 11.3 Å². The van der Waals surface area contributed by atoms with Crippen molar-refractivity contribution < 1.29 is 9.47 Å². The van der Waals surface area contributed by atoms with Gasteiger partial charge in [-0.05, 0) is 18.8 Å². The second-order valence-corrected chi connectivity index (χ2v) is 6.48. The van der Waals surface area contributed by atoms with Crippen LogP contribution >= 0.6 is 0 Å². The second-order valence-electron chi connectivity index (χ2n) is 6.48. The van der Waals surface area contributed by atoms with E-state index in [0.717, 1.165) is 25.7 Å². The Morgan fingerprint density at radius 1 is 1.19 bits per heavy atom. The highest BCUT2D eigenvalue weighted by atomic mass is 16.7. The highest BCUT2D eigenvalue weighted by Crippen LogP contribution is 2.88. The molecule has 3 rings (SSSR count). The zero-order chi connectivity index (χ0) is 15.5. The zero-order valence-corrected chi connectivity index (χ0v) is 12.6. The van der Waals surface area contributed by atoms with E-state index in [9.17, 15) is 10.5 Å². The fourth-order valence-electron chi connectivity index (χ4n) is 4.99. The molecule has 0 saturated heterocycles. The lowest BCUT2D eigenvalue weighted by molar-refractivity contribution is -0.238. The minimum atomic E-state index is -1.47. The number of methoxy groups -OCH3 is 2. The summed E-state index contributed by atoms with van der Waals surface area (Å²) >= 11 is 0. The number of ether oxygens (including phenoxy) is 2. The summed E-state index contributed by atoms with van der Waals surface area (Å²) < 4.78 is 11.0. The molecule has 1 heterocycles. The molecule has 0 aromatic carbocycles. The molecule has 2 aliphatic carbocycles. The van der Waals surface area contributed by atoms with Crippen LogP contribution in [0.4, 0.5) is 0 Å². The van der Waals surface area contributed by atoms with Gasteiger partial charge >= 0.3 is 0 Å². The standard InChI is InChI=1S/C15H20N4O2/c1-10-4-6-12(7-5-10)13(8-16)11(18)19-15(20-2,21-3)14(12,13)9-17/h10H,4-7H2,1-3H3,(H2,18,19)/t10?,12?,13-,14+/m1/s1. The quantitative estimate of drug-likeness (QED) is 0.776. The average molecular weight is 288 g/mol. The highest BCUT2D eigenvalue weighted by molar-refractivity contribution is 6.00. The van der Waals surface area contributed by atoms with E-state index < -0.39 is 22.2 Å². The van der Waals surface area contributed by atoms with Crippen molar-refractivity contribution in [3.8, 4) is 12.1 Å². The first kappa shape index (κ1) is 14.3. The van der Waals surface area contributed by atoms with Gasteiger partial charge in [-0.15, -0.1) is 0 Å². The first-order chi connectivity index (χ1) is 9.97. The van der Waals surface area contributed by atoms with Crippen LogP contribution < -0.4 is 5.73 Å². The lowest BCUT2D eigenvalue weighted by Gasteiger charge is -2.36. The van der Waals surface area contributed by atoms with Crippen molar-refractivity contribution in [2.24, 2.45) is 32.9 Å². The van der Waals surface area contributed by atoms with Gasteiger partial charge < -0.3 is 15.2 Å². The van der Waals surface area contributed by atoms with E-state index in [2.05, 4.69) is 24.1 Å². The number of nitrogens with zero attached hydrogens (tertiary/aromatic N) is 3. The maximum atomic E-state index is 9.97. The second kappa shape index (κ2) is 3.97. The normalized spacial score (nSPS) is 46.3. The van der Waals surface area contributed by atoms with Crippen LogP contribution in [0.5, 0.6) is 0 Å². The van der Waals surface area contributed by atoms with Gasteiger partial charge in [0.25, 0.3) is 5.91 Å². The Hall–Kier alpha value is -1.63. The van der Waals surface area contributed by atoms with E-state index >= 15 is 0 Å². The van der Waals surface area contributed by atoms with Gasteiger partial charge in [-0.1, -0.05) is 19.8 Å². The summed E-state index contributed by atoms with van der Waals surface area (Å²) in [6.07, 6.45) is 3.51. The Balaban J connectivity index is 2.21. The maximum absolute atomic E-state index is 9.97. The van der Waals surface area contributed by atoms with Gasteiger partial charge in [0, 0.05) is 19.6 Å². The fraction of sp³-hybridized carbons (Fsp3) is 0.800. The van der Waals surface area contributed by atoms with Crippen LogP contribution in [-0.2, 0) is 9.47 Å². The van der Waals surface area contributed by atoms with E-state index in [1.54, 1.807) is 0 Å². The smallest absolute Gasteiger partial charge is 0.292 e. The summed E-state index contributed by atoms with van der Waals surface area (Å²) in [5.74, 6) is -0.687. The summed E-state index contributed by atoms with van der Waals surface area (Å²) in [4.78, 5) is 4.25. The van der Waals surface area contributed by atoms with Gasteiger partial charge in [-0.2, -0.15) is 10.5 Å². The van der Waals surface area contributed by atoms with Gasteiger partial charge in [-0.3, -0.25) is 0 Å². The summed E-state index contributed by atoms with van der Waals surface area (Å²) in [6, 6.07) is 4.65. The molecule has 2 atom stereocenters. The van der Waals surface area contributed by atoms with E-state index in [0.29, 0.717) is 5.92 Å². The lowest BCUT2D eigenvalue weighted by Crippen LogP contribution is -2.44. The summed E-state index contributed by atoms with van der Waals surface area (Å²) in [7, 11) is 2.90. The number of nitrogens with two attached hydrogens (primary N) is 1. The van der Waals surface area contributed by atoms with Crippen LogP contribution in [0.1, 0.15) is 32.6 Å². The monoisotopic (exact) mass is 288 g/mol. The van der Waals surface area contributed by atoms with Crippen molar-refractivity contribution in [3.63, 3.8) is 0 Å². The molecule has 0 aromatic heterocycles. The van der Waals surface area contributed by atoms with E-state index in [-0.39, 0.29) is 5.84 Å². The molecule has 0 aromatic rings. The predicted octanol–water partition coefficient (Wildman–Crippen LogP) is 1.53. The third-order valence-electron chi connectivity index (χ3n) is 6.08. The molecule has 2 N–H and O–H groups in total. The van der Waals surface area contributed by atoms with Crippen LogP contribution in [-0.4, -0.2) is 26.0 Å². The van der Waals surface area contributed by atoms with Gasteiger partial charge in [0.15, 0.2) is 5.41 Å². The Morgan fingerprint density at radius 2 is 1.76 bits per heavy atom. The van der Waals surface area contributed by atoms with E-state index in [1.807, 2.05) is 0 Å². The molecule has 0 unspecified atom stereocenters. The van der Waals surface area contributed by atoms with Gasteiger partial charge in [-0.25, -0.2) is 4.99 Å². The molecule has 3 aliphatic rings. The molecular weight excluding hydrogens is 268 g/mol. The van der Waals surface area contributed by atoms with Gasteiger partial charge in [0.2, 0.25) is 0 Å². The number of hydrogen-bond acceptors (Lipinski definition) is 6. The fourth-order valence-corrected chi connectivity index (χ4v) is 4.99. The number of aliphatic imine (C=N–C) groups is 1. The molecule has 0 radical (unpaired) electrons. The van der Waals surface area contributed by atoms with Crippen molar-refractivity contribution in [2.75, 3.05) is 14.2 Å². The van der Waals surface area contributed by atoms with Crippen LogP contribution in [0, 0.1) is 44.8 Å². The molecule has 2 saturated carbocycles. The molecule has 6 heteroatoms. The topological polar surface area (TPSA) is 104 Å². The zero-order valence-electron chi connectivity index (χ0n) is 12.6. The first-order valence-electron chi connectivity index (χ1n) is 7.26. The summed E-state index contributed by atoms with van der Waals surface area (Å²) in [5, 5.41) is 19.8. The lowest BCUT2D eigenvalue weighted by atomic mass is 9.73. The minimum Gasteiger partial charge on any atom is -0.386 e. The molecule has 112 valence electrons. The molecule has 0 amide bonds. The molecule has 6 nitrogen and oxygen atoms in total. The van der Waals surface area contributed by atoms with Crippen molar-refractivity contribution in [2.45, 2.75) is 38.5 Å². The SMILES string of the molecule is COC1(OC)N=C(N)[C@]2(C#N)C3(CCC(C)CC3)[C@]12C#N. The number of nitriles is 2. The number of rotatable bonds is 2. The Kier molecular flexibility index (Phi) is 2.71. The van der Waals surface area contributed by atoms with Crippen molar-refractivity contribution in [1.29, 1.82) is 10.5 Å². The summed E-state index contributed by atoms with van der Waals surface area (Å²) in [6.45, 7) is 2.19. The number of hydrogen-bond donors (Lipinski definition) is 1. The van der Waals surface area contributed by atoms with Crippen LogP contribution in [0.3, 0.4) is 0 Å². The summed E-state index contributed by atoms with van der Waals surface area (Å²) in [5.41, 5.74) is 3.38. The Morgan fingerprint density at radius 3 is 2.19 bits per heavy atom. The number of amidine groups is 1. The van der Waals surface area contributed by atoms with Crippen LogP contribution in [0.2, 0.25) is 0 Å². The predicted molar refractivity (Wildman–Crippen MR) is 74.5 cm³/mol. The molecular formula is C15H20N4O2. The number of fused-ring (bicyclic) bond motifs is 3. The molecule has 2 fully saturated rings. The van der Waals surface area contributed by atoms with E-state index in [4.69, 9.17) is 15.2 Å². The van der Waals surface area contributed by atoms with Gasteiger partial charge in [0.05, 0.1) is 12.1 Å². The Labute approximate surface area is 124 Å². The van der Waals surface area contributed by atoms with E-state index in [1.165, 1.54) is 14.2 Å². The average Bonchev–Trinajstić information content (AvgIpc) is 2.94. The first-order valence-corrected chi connectivity index (χ1v) is 7.26. The molecule has 21 heavy (non-hydrogen) atoms. The van der Waals surface area contributed by atoms with Crippen molar-refractivity contribution >= 4 is 5.84 Å².